The summed E-state index contributed by atoms with van der Waals surface area (Å²) in [5, 5.41) is 0. The average Bonchev–Trinajstić information content (AvgIpc) is 2.32. The molecular formula is C16H26N2O. The van der Waals surface area contributed by atoms with Crippen LogP contribution >= 0.6 is 0 Å². The number of piperidine rings is 1. The van der Waals surface area contributed by atoms with Crippen molar-refractivity contribution in [3.63, 3.8) is 0 Å². The molecule has 2 rings (SSSR count). The van der Waals surface area contributed by atoms with Crippen LogP contribution in [0.15, 0.2) is 18.2 Å². The summed E-state index contributed by atoms with van der Waals surface area (Å²) in [6, 6.07) is 6.73. The van der Waals surface area contributed by atoms with Crippen LogP contribution in [0, 0.1) is 5.92 Å². The quantitative estimate of drug-likeness (QED) is 0.844. The van der Waals surface area contributed by atoms with Gasteiger partial charge in [-0.3, -0.25) is 0 Å². The molecule has 0 saturated carbocycles. The van der Waals surface area contributed by atoms with E-state index < -0.39 is 0 Å². The first-order valence-corrected chi connectivity index (χ1v) is 7.30. The van der Waals surface area contributed by atoms with E-state index in [1.807, 2.05) is 19.9 Å². The minimum absolute atomic E-state index is 0.149. The summed E-state index contributed by atoms with van der Waals surface area (Å²) in [6.45, 7) is 9.81. The van der Waals surface area contributed by atoms with E-state index in [-0.39, 0.29) is 6.10 Å². The van der Waals surface area contributed by atoms with Crippen molar-refractivity contribution in [3.8, 4) is 5.75 Å². The van der Waals surface area contributed by atoms with Crippen LogP contribution in [0.4, 0.5) is 11.4 Å². The maximum absolute atomic E-state index is 5.98. The summed E-state index contributed by atoms with van der Waals surface area (Å²) < 4.78 is 5.78. The molecule has 1 aliphatic rings. The van der Waals surface area contributed by atoms with Crippen LogP contribution in [-0.2, 0) is 0 Å². The summed E-state index contributed by atoms with van der Waals surface area (Å²) >= 11 is 0. The maximum Gasteiger partial charge on any atom is 0.144 e. The summed E-state index contributed by atoms with van der Waals surface area (Å²) in [4.78, 5) is 2.46. The first-order valence-electron chi connectivity index (χ1n) is 7.30. The second kappa shape index (κ2) is 5.72. The number of rotatable bonds is 3. The van der Waals surface area contributed by atoms with Gasteiger partial charge in [-0.25, -0.2) is 0 Å². The second-order valence-electron chi connectivity index (χ2n) is 6.06. The highest BCUT2D eigenvalue weighted by molar-refractivity contribution is 5.62. The van der Waals surface area contributed by atoms with E-state index >= 15 is 0 Å². The molecule has 3 heteroatoms. The van der Waals surface area contributed by atoms with Gasteiger partial charge in [0.25, 0.3) is 0 Å². The highest BCUT2D eigenvalue weighted by Crippen LogP contribution is 2.33. The molecule has 0 bridgehead atoms. The van der Waals surface area contributed by atoms with E-state index in [2.05, 4.69) is 30.9 Å². The van der Waals surface area contributed by atoms with Crippen molar-refractivity contribution in [1.82, 2.24) is 0 Å². The molecular weight excluding hydrogens is 236 g/mol. The molecule has 1 saturated heterocycles. The predicted octanol–water partition coefficient (Wildman–Crippen LogP) is 3.68. The molecule has 3 nitrogen and oxygen atoms in total. The highest BCUT2D eigenvalue weighted by atomic mass is 16.5. The number of benzene rings is 1. The molecule has 0 radical (unpaired) electrons. The largest absolute Gasteiger partial charge is 0.489 e. The summed E-state index contributed by atoms with van der Waals surface area (Å²) in [6.07, 6.45) is 2.66. The lowest BCUT2D eigenvalue weighted by atomic mass is 9.93. The first kappa shape index (κ1) is 14.0. The number of anilines is 2. The van der Waals surface area contributed by atoms with Gasteiger partial charge in [0.05, 0.1) is 11.8 Å². The molecule has 1 aromatic carbocycles. The van der Waals surface area contributed by atoms with Crippen molar-refractivity contribution in [1.29, 1.82) is 0 Å². The average molecular weight is 262 g/mol. The van der Waals surface area contributed by atoms with Crippen LogP contribution in [0.3, 0.4) is 0 Å². The van der Waals surface area contributed by atoms with E-state index in [4.69, 9.17) is 10.5 Å². The van der Waals surface area contributed by atoms with Gasteiger partial charge >= 0.3 is 0 Å². The smallest absolute Gasteiger partial charge is 0.144 e. The highest BCUT2D eigenvalue weighted by Gasteiger charge is 2.23. The SMILES string of the molecule is CC1CCN(c2ccc(N)c(OC(C)C)c2)C(C)C1. The molecule has 0 spiro atoms. The Morgan fingerprint density at radius 2 is 2.05 bits per heavy atom. The van der Waals surface area contributed by atoms with Gasteiger partial charge < -0.3 is 15.4 Å². The van der Waals surface area contributed by atoms with Gasteiger partial charge in [0, 0.05) is 24.3 Å². The lowest BCUT2D eigenvalue weighted by Gasteiger charge is -2.38. The van der Waals surface area contributed by atoms with E-state index in [9.17, 15) is 0 Å². The zero-order valence-corrected chi connectivity index (χ0v) is 12.5. The van der Waals surface area contributed by atoms with Crippen LogP contribution in [0.5, 0.6) is 5.75 Å². The Kier molecular flexibility index (Phi) is 4.23. The Morgan fingerprint density at radius 1 is 1.32 bits per heavy atom. The topological polar surface area (TPSA) is 38.5 Å². The van der Waals surface area contributed by atoms with Crippen LogP contribution in [-0.4, -0.2) is 18.7 Å². The molecule has 106 valence electrons. The molecule has 1 aliphatic heterocycles. The molecule has 1 fully saturated rings. The molecule has 1 aromatic rings. The lowest BCUT2D eigenvalue weighted by Crippen LogP contribution is -2.40. The Morgan fingerprint density at radius 3 is 2.68 bits per heavy atom. The Balaban J connectivity index is 2.20. The number of hydrogen-bond acceptors (Lipinski definition) is 3. The van der Waals surface area contributed by atoms with Gasteiger partial charge in [0.2, 0.25) is 0 Å². The summed E-state index contributed by atoms with van der Waals surface area (Å²) in [7, 11) is 0. The lowest BCUT2D eigenvalue weighted by molar-refractivity contribution is 0.244. The predicted molar refractivity (Wildman–Crippen MR) is 81.8 cm³/mol. The molecule has 0 amide bonds. The monoisotopic (exact) mass is 262 g/mol. The van der Waals surface area contributed by atoms with Crippen molar-refractivity contribution in [2.75, 3.05) is 17.2 Å². The molecule has 0 aliphatic carbocycles. The third kappa shape index (κ3) is 3.34. The zero-order valence-electron chi connectivity index (χ0n) is 12.5. The van der Waals surface area contributed by atoms with Crippen molar-refractivity contribution in [2.24, 2.45) is 5.92 Å². The normalized spacial score (nSPS) is 23.7. The van der Waals surface area contributed by atoms with Gasteiger partial charge in [-0.2, -0.15) is 0 Å². The van der Waals surface area contributed by atoms with Crippen LogP contribution < -0.4 is 15.4 Å². The number of nitrogens with two attached hydrogens (primary N) is 1. The number of hydrogen-bond donors (Lipinski definition) is 1. The number of ether oxygens (including phenoxy) is 1. The van der Waals surface area contributed by atoms with Crippen molar-refractivity contribution >= 4 is 11.4 Å². The van der Waals surface area contributed by atoms with E-state index in [1.54, 1.807) is 0 Å². The molecule has 2 atom stereocenters. The Bertz CT molecular complexity index is 431. The standard InChI is InChI=1S/C16H26N2O/c1-11(2)19-16-10-14(5-6-15(16)17)18-8-7-12(3)9-13(18)4/h5-6,10-13H,7-9,17H2,1-4H3. The fourth-order valence-corrected chi connectivity index (χ4v) is 2.85. The third-order valence-electron chi connectivity index (χ3n) is 3.83. The van der Waals surface area contributed by atoms with E-state index in [0.29, 0.717) is 6.04 Å². The van der Waals surface area contributed by atoms with Crippen molar-refractivity contribution in [2.45, 2.75) is 52.7 Å². The molecule has 1 heterocycles. The van der Waals surface area contributed by atoms with Crippen molar-refractivity contribution in [3.05, 3.63) is 18.2 Å². The first-order chi connectivity index (χ1) is 8.97. The molecule has 0 aromatic heterocycles. The molecule has 2 N–H and O–H groups in total. The minimum Gasteiger partial charge on any atom is -0.489 e. The molecule has 2 unspecified atom stereocenters. The summed E-state index contributed by atoms with van der Waals surface area (Å²) in [5.74, 6) is 1.63. The van der Waals surface area contributed by atoms with Crippen LogP contribution in [0.1, 0.15) is 40.5 Å². The van der Waals surface area contributed by atoms with Crippen molar-refractivity contribution < 1.29 is 4.74 Å². The van der Waals surface area contributed by atoms with Gasteiger partial charge in [0.15, 0.2) is 0 Å². The third-order valence-corrected chi connectivity index (χ3v) is 3.83. The summed E-state index contributed by atoms with van der Waals surface area (Å²) in [5.41, 5.74) is 7.92. The second-order valence-corrected chi connectivity index (χ2v) is 6.06. The molecule has 19 heavy (non-hydrogen) atoms. The number of nitrogens with zero attached hydrogens (tertiary/aromatic N) is 1. The van der Waals surface area contributed by atoms with Gasteiger partial charge in [0.1, 0.15) is 5.75 Å². The Labute approximate surface area is 116 Å². The fraction of sp³-hybridized carbons (Fsp3) is 0.625. The van der Waals surface area contributed by atoms with E-state index in [1.165, 1.54) is 18.5 Å². The van der Waals surface area contributed by atoms with Crippen LogP contribution in [0.2, 0.25) is 0 Å². The maximum atomic E-state index is 5.98. The van der Waals surface area contributed by atoms with Gasteiger partial charge in [-0.15, -0.1) is 0 Å². The zero-order chi connectivity index (χ0) is 14.0. The van der Waals surface area contributed by atoms with Crippen LogP contribution in [0.25, 0.3) is 0 Å². The Hall–Kier alpha value is -1.38. The number of nitrogen functional groups attached to an aromatic ring is 1. The fourth-order valence-electron chi connectivity index (χ4n) is 2.85. The minimum atomic E-state index is 0.149. The van der Waals surface area contributed by atoms with E-state index in [0.717, 1.165) is 23.9 Å². The van der Waals surface area contributed by atoms with Gasteiger partial charge in [-0.05, 0) is 51.7 Å². The van der Waals surface area contributed by atoms with Gasteiger partial charge in [-0.1, -0.05) is 6.92 Å².